The van der Waals surface area contributed by atoms with E-state index in [0.29, 0.717) is 17.7 Å². The average molecular weight is 495 g/mol. The second-order valence-electron chi connectivity index (χ2n) is 9.66. The van der Waals surface area contributed by atoms with Gasteiger partial charge in [-0.3, -0.25) is 9.69 Å². The van der Waals surface area contributed by atoms with E-state index in [4.69, 9.17) is 5.26 Å². The number of nitrogens with zero attached hydrogens (tertiary/aromatic N) is 4. The molecule has 2 fully saturated rings. The maximum atomic E-state index is 13.6. The standard InChI is InChI=1S/C27H34N4O3S/c1-35(33,34)26-9-7-24(8-10-26)27(32)31(18-17-29-13-2-3-14-29)25-11-15-30(16-12-25)21-23-6-4-5-22(19-23)20-28/h4-10,19,25H,2-3,11-18,21H2,1H3. The largest absolute Gasteiger partial charge is 0.334 e. The number of piperidine rings is 1. The smallest absolute Gasteiger partial charge is 0.254 e. The van der Waals surface area contributed by atoms with Crippen LogP contribution in [0.2, 0.25) is 0 Å². The molecule has 2 heterocycles. The molecule has 0 N–H and O–H groups in total. The molecule has 0 unspecified atom stereocenters. The van der Waals surface area contributed by atoms with Gasteiger partial charge in [-0.2, -0.15) is 5.26 Å². The molecule has 1 amide bonds. The van der Waals surface area contributed by atoms with Gasteiger partial charge in [-0.05, 0) is 80.7 Å². The number of sulfone groups is 1. The Kier molecular flexibility index (Phi) is 8.22. The lowest BCUT2D eigenvalue weighted by Gasteiger charge is -2.39. The molecule has 0 spiro atoms. The minimum absolute atomic E-state index is 0.0237. The highest BCUT2D eigenvalue weighted by Crippen LogP contribution is 2.22. The monoisotopic (exact) mass is 494 g/mol. The van der Waals surface area contributed by atoms with Gasteiger partial charge in [0.1, 0.15) is 0 Å². The van der Waals surface area contributed by atoms with Crippen molar-refractivity contribution in [1.82, 2.24) is 14.7 Å². The summed E-state index contributed by atoms with van der Waals surface area (Å²) in [7, 11) is -3.30. The lowest BCUT2D eigenvalue weighted by Crippen LogP contribution is -2.49. The molecule has 2 aliphatic heterocycles. The van der Waals surface area contributed by atoms with Crippen molar-refractivity contribution in [3.63, 3.8) is 0 Å². The van der Waals surface area contributed by atoms with Gasteiger partial charge in [0.2, 0.25) is 0 Å². The zero-order valence-electron chi connectivity index (χ0n) is 20.4. The van der Waals surface area contributed by atoms with Gasteiger partial charge in [0, 0.05) is 50.6 Å². The Bertz CT molecular complexity index is 1160. The van der Waals surface area contributed by atoms with Gasteiger partial charge >= 0.3 is 0 Å². The number of likely N-dealkylation sites (tertiary alicyclic amines) is 2. The minimum Gasteiger partial charge on any atom is -0.334 e. The first-order chi connectivity index (χ1) is 16.8. The van der Waals surface area contributed by atoms with Gasteiger partial charge in [0.15, 0.2) is 9.84 Å². The van der Waals surface area contributed by atoms with E-state index >= 15 is 0 Å². The number of nitriles is 1. The second kappa shape index (κ2) is 11.3. The molecular weight excluding hydrogens is 460 g/mol. The zero-order valence-corrected chi connectivity index (χ0v) is 21.2. The van der Waals surface area contributed by atoms with Crippen molar-refractivity contribution in [2.75, 3.05) is 45.5 Å². The van der Waals surface area contributed by atoms with E-state index in [1.807, 2.05) is 23.1 Å². The van der Waals surface area contributed by atoms with Crippen LogP contribution in [0.1, 0.15) is 47.2 Å². The molecule has 0 radical (unpaired) electrons. The second-order valence-corrected chi connectivity index (χ2v) is 11.7. The van der Waals surface area contributed by atoms with Crippen molar-refractivity contribution in [3.8, 4) is 6.07 Å². The molecule has 186 valence electrons. The number of hydrogen-bond acceptors (Lipinski definition) is 6. The average Bonchev–Trinajstić information content (AvgIpc) is 3.38. The fourth-order valence-electron chi connectivity index (χ4n) is 5.10. The highest BCUT2D eigenvalue weighted by Gasteiger charge is 2.29. The Morgan fingerprint density at radius 1 is 1.03 bits per heavy atom. The van der Waals surface area contributed by atoms with Gasteiger partial charge in [-0.1, -0.05) is 12.1 Å². The van der Waals surface area contributed by atoms with Gasteiger partial charge in [-0.15, -0.1) is 0 Å². The third kappa shape index (κ3) is 6.69. The van der Waals surface area contributed by atoms with Crippen LogP contribution >= 0.6 is 0 Å². The maximum absolute atomic E-state index is 13.6. The summed E-state index contributed by atoms with van der Waals surface area (Å²) in [5.41, 5.74) is 2.35. The molecule has 8 heteroatoms. The summed E-state index contributed by atoms with van der Waals surface area (Å²) in [6.07, 6.45) is 5.39. The van der Waals surface area contributed by atoms with Crippen molar-refractivity contribution in [1.29, 1.82) is 5.26 Å². The maximum Gasteiger partial charge on any atom is 0.254 e. The molecule has 2 aliphatic rings. The van der Waals surface area contributed by atoms with Gasteiger partial charge in [0.05, 0.1) is 16.5 Å². The molecule has 0 aromatic heterocycles. The van der Waals surface area contributed by atoms with Crippen LogP contribution in [0.5, 0.6) is 0 Å². The summed E-state index contributed by atoms with van der Waals surface area (Å²) in [5.74, 6) is -0.0237. The van der Waals surface area contributed by atoms with E-state index in [0.717, 1.165) is 57.7 Å². The fourth-order valence-corrected chi connectivity index (χ4v) is 5.73. The summed E-state index contributed by atoms with van der Waals surface area (Å²) in [4.78, 5) is 20.6. The van der Waals surface area contributed by atoms with Gasteiger partial charge in [0.25, 0.3) is 5.91 Å². The molecule has 0 aliphatic carbocycles. The van der Waals surface area contributed by atoms with Crippen molar-refractivity contribution in [2.45, 2.75) is 43.2 Å². The topological polar surface area (TPSA) is 84.7 Å². The SMILES string of the molecule is CS(=O)(=O)c1ccc(C(=O)N(CCN2CCCC2)C2CCN(Cc3cccc(C#N)c3)CC2)cc1. The van der Waals surface area contributed by atoms with E-state index in [9.17, 15) is 13.2 Å². The zero-order chi connectivity index (χ0) is 24.8. The molecule has 2 aromatic carbocycles. The van der Waals surface area contributed by atoms with Crippen LogP contribution in [0, 0.1) is 11.3 Å². The predicted molar refractivity (Wildman–Crippen MR) is 136 cm³/mol. The van der Waals surface area contributed by atoms with Crippen LogP contribution in [0.3, 0.4) is 0 Å². The third-order valence-corrected chi connectivity index (χ3v) is 8.23. The highest BCUT2D eigenvalue weighted by molar-refractivity contribution is 7.90. The molecule has 2 aromatic rings. The van der Waals surface area contributed by atoms with Gasteiger partial charge < -0.3 is 9.80 Å². The molecule has 35 heavy (non-hydrogen) atoms. The van der Waals surface area contributed by atoms with Crippen LogP contribution in [0.15, 0.2) is 53.4 Å². The Labute approximate surface area is 208 Å². The van der Waals surface area contributed by atoms with Crippen molar-refractivity contribution in [3.05, 3.63) is 65.2 Å². The fraction of sp³-hybridized carbons (Fsp3) is 0.481. The lowest BCUT2D eigenvalue weighted by molar-refractivity contribution is 0.0541. The highest BCUT2D eigenvalue weighted by atomic mass is 32.2. The van der Waals surface area contributed by atoms with Crippen molar-refractivity contribution < 1.29 is 13.2 Å². The van der Waals surface area contributed by atoms with E-state index < -0.39 is 9.84 Å². The number of carbonyl (C=O) groups is 1. The Morgan fingerprint density at radius 2 is 1.71 bits per heavy atom. The minimum atomic E-state index is -3.30. The van der Waals surface area contributed by atoms with E-state index in [2.05, 4.69) is 21.9 Å². The van der Waals surface area contributed by atoms with Crippen LogP contribution in [-0.2, 0) is 16.4 Å². The molecular formula is C27H34N4O3S. The van der Waals surface area contributed by atoms with Crippen LogP contribution in [0.25, 0.3) is 0 Å². The normalized spacial score (nSPS) is 17.8. The molecule has 7 nitrogen and oxygen atoms in total. The first-order valence-corrected chi connectivity index (χ1v) is 14.3. The quantitative estimate of drug-likeness (QED) is 0.561. The number of benzene rings is 2. The summed E-state index contributed by atoms with van der Waals surface area (Å²) < 4.78 is 23.6. The third-order valence-electron chi connectivity index (χ3n) is 7.11. The molecule has 4 rings (SSSR count). The molecule has 0 saturated carbocycles. The Morgan fingerprint density at radius 3 is 2.34 bits per heavy atom. The van der Waals surface area contributed by atoms with Crippen molar-refractivity contribution >= 4 is 15.7 Å². The number of rotatable bonds is 8. The molecule has 2 saturated heterocycles. The number of hydrogen-bond donors (Lipinski definition) is 0. The van der Waals surface area contributed by atoms with E-state index in [1.165, 1.54) is 31.2 Å². The first kappa shape index (κ1) is 25.4. The molecule has 0 atom stereocenters. The Balaban J connectivity index is 1.43. The summed E-state index contributed by atoms with van der Waals surface area (Å²) in [6, 6.07) is 16.4. The first-order valence-electron chi connectivity index (χ1n) is 12.4. The number of amides is 1. The van der Waals surface area contributed by atoms with Crippen molar-refractivity contribution in [2.24, 2.45) is 0 Å². The summed E-state index contributed by atoms with van der Waals surface area (Å²) in [6.45, 7) is 6.31. The van der Waals surface area contributed by atoms with E-state index in [1.54, 1.807) is 12.1 Å². The van der Waals surface area contributed by atoms with Crippen LogP contribution in [-0.4, -0.2) is 80.6 Å². The summed E-state index contributed by atoms with van der Waals surface area (Å²) in [5, 5.41) is 9.16. The molecule has 0 bridgehead atoms. The van der Waals surface area contributed by atoms with Crippen LogP contribution < -0.4 is 0 Å². The Hall–Kier alpha value is -2.73. The van der Waals surface area contributed by atoms with E-state index in [-0.39, 0.29) is 16.8 Å². The predicted octanol–water partition coefficient (Wildman–Crippen LogP) is 3.16. The number of carbonyl (C=O) groups excluding carboxylic acids is 1. The summed E-state index contributed by atoms with van der Waals surface area (Å²) >= 11 is 0. The van der Waals surface area contributed by atoms with Gasteiger partial charge in [-0.25, -0.2) is 8.42 Å². The van der Waals surface area contributed by atoms with Crippen LogP contribution in [0.4, 0.5) is 0 Å². The lowest BCUT2D eigenvalue weighted by atomic mass is 10.0.